The van der Waals surface area contributed by atoms with E-state index in [1.54, 1.807) is 0 Å². The molecule has 0 aliphatic rings. The quantitative estimate of drug-likeness (QED) is 0.0295. The van der Waals surface area contributed by atoms with Gasteiger partial charge in [0.25, 0.3) is 0 Å². The van der Waals surface area contributed by atoms with E-state index in [2.05, 4.69) is 41.5 Å². The van der Waals surface area contributed by atoms with Crippen molar-refractivity contribution in [1.82, 2.24) is 0 Å². The zero-order chi connectivity index (χ0) is 29.6. The molecule has 0 rings (SSSR count). The molecule has 0 aliphatic carbocycles. The summed E-state index contributed by atoms with van der Waals surface area (Å²) in [4.78, 5) is 0. The lowest BCUT2D eigenvalue weighted by Gasteiger charge is -2.34. The van der Waals surface area contributed by atoms with E-state index in [1.807, 2.05) is 41.2 Å². The van der Waals surface area contributed by atoms with Gasteiger partial charge in [-0.3, -0.25) is 0 Å². The van der Waals surface area contributed by atoms with Gasteiger partial charge in [0, 0.05) is 37.9 Å². The van der Waals surface area contributed by atoms with E-state index in [-0.39, 0.29) is 10.8 Å². The molecule has 0 aliphatic heterocycles. The topological polar surface area (TPSA) is 36.9 Å². The van der Waals surface area contributed by atoms with E-state index >= 15 is 0 Å². The summed E-state index contributed by atoms with van der Waals surface area (Å²) >= 11 is 0. The van der Waals surface area contributed by atoms with E-state index in [1.165, 1.54) is 63.5 Å². The first-order valence-electron chi connectivity index (χ1n) is 16.7. The Morgan fingerprint density at radius 3 is 1.05 bits per heavy atom. The van der Waals surface area contributed by atoms with Gasteiger partial charge in [0.05, 0.1) is 19.0 Å². The van der Waals surface area contributed by atoms with Crippen LogP contribution in [0, 0.1) is 0 Å². The molecule has 0 fully saturated rings. The zero-order valence-electron chi connectivity index (χ0n) is 27.2. The predicted octanol–water partition coefficient (Wildman–Crippen LogP) is 9.79. The average Bonchev–Trinajstić information content (AvgIpc) is 2.96. The van der Waals surface area contributed by atoms with Crippen molar-refractivity contribution in [3.8, 4) is 0 Å². The van der Waals surface area contributed by atoms with Crippen LogP contribution in [0.5, 0.6) is 0 Å². The van der Waals surface area contributed by atoms with Crippen molar-refractivity contribution in [2.75, 3.05) is 37.9 Å². The Balaban J connectivity index is 4.48. The number of hydrogen-bond acceptors (Lipinski definition) is 8. The Morgan fingerprint density at radius 2 is 0.775 bits per heavy atom. The second-order valence-electron chi connectivity index (χ2n) is 10.8. The normalized spacial score (nSPS) is 13.1. The molecule has 0 aromatic rings. The van der Waals surface area contributed by atoms with Gasteiger partial charge in [-0.2, -0.15) is 0 Å². The summed E-state index contributed by atoms with van der Waals surface area (Å²) in [5, 5.41) is 0. The van der Waals surface area contributed by atoms with Crippen LogP contribution in [0.1, 0.15) is 131 Å². The van der Waals surface area contributed by atoms with Gasteiger partial charge < -0.3 is 18.9 Å². The molecule has 0 bridgehead atoms. The Kier molecular flexibility index (Phi) is 32.0. The summed E-state index contributed by atoms with van der Waals surface area (Å²) in [6.45, 7) is 16.9. The van der Waals surface area contributed by atoms with Crippen LogP contribution < -0.4 is 0 Å². The lowest BCUT2D eigenvalue weighted by molar-refractivity contribution is -0.186. The lowest BCUT2D eigenvalue weighted by Crippen LogP contribution is -2.43. The maximum atomic E-state index is 6.50. The maximum Gasteiger partial charge on any atom is 0.145 e. The summed E-state index contributed by atoms with van der Waals surface area (Å²) in [6.07, 6.45) is 16.2. The van der Waals surface area contributed by atoms with Crippen molar-refractivity contribution in [3.05, 3.63) is 0 Å². The third-order valence-electron chi connectivity index (χ3n) is 6.97. The summed E-state index contributed by atoms with van der Waals surface area (Å²) in [5.74, 6) is 2.33. The van der Waals surface area contributed by atoms with Crippen LogP contribution >= 0.6 is 41.2 Å². The Bertz CT molecular complexity index is 460. The molecular formula is C30H66O4S4Si2. The fraction of sp³-hybridized carbons (Fsp3) is 1.00. The highest BCUT2D eigenvalue weighted by Gasteiger charge is 2.32. The highest BCUT2D eigenvalue weighted by molar-refractivity contribution is 9.26. The number of rotatable bonds is 33. The van der Waals surface area contributed by atoms with Crippen LogP contribution in [-0.4, -0.2) is 67.8 Å². The lowest BCUT2D eigenvalue weighted by atomic mass is 10.3. The summed E-state index contributed by atoms with van der Waals surface area (Å²) in [7, 11) is 7.06. The molecule has 0 saturated carbocycles. The summed E-state index contributed by atoms with van der Waals surface area (Å²) in [5.41, 5.74) is -0.473. The smallest absolute Gasteiger partial charge is 0.145 e. The second-order valence-corrected chi connectivity index (χ2v) is 21.6. The van der Waals surface area contributed by atoms with Gasteiger partial charge >= 0.3 is 0 Å². The first-order valence-corrected chi connectivity index (χ1v) is 25.3. The molecule has 0 aromatic heterocycles. The van der Waals surface area contributed by atoms with Crippen LogP contribution in [0.2, 0.25) is 12.1 Å². The largest absolute Gasteiger partial charge is 0.354 e. The third kappa shape index (κ3) is 23.1. The molecule has 242 valence electrons. The maximum absolute atomic E-state index is 6.50. The second kappa shape index (κ2) is 30.7. The van der Waals surface area contributed by atoms with E-state index in [0.29, 0.717) is 0 Å². The monoisotopic (exact) mass is 674 g/mol. The minimum absolute atomic E-state index is 0.237. The van der Waals surface area contributed by atoms with Crippen LogP contribution in [0.4, 0.5) is 0 Å². The first-order chi connectivity index (χ1) is 19.6. The molecule has 0 spiro atoms. The van der Waals surface area contributed by atoms with Crippen LogP contribution in [0.25, 0.3) is 0 Å². The molecule has 4 nitrogen and oxygen atoms in total. The van der Waals surface area contributed by atoms with Gasteiger partial charge in [-0.1, -0.05) is 114 Å². The van der Waals surface area contributed by atoms with Crippen molar-refractivity contribution in [2.45, 2.75) is 154 Å². The standard InChI is InChI=1S/C30H66O4S4Si2/c1-7-13-21-31-29(39-27-11-5,32-22-14-8-2)19-17-25-35-37-38-36-26-18-20-30(40-28-12-6,33-23-15-9-3)34-24-16-10-4/h7-28,39-40H2,1-6H3. The molecule has 0 saturated heterocycles. The Labute approximate surface area is 270 Å². The zero-order valence-corrected chi connectivity index (χ0v) is 33.3. The first kappa shape index (κ1) is 41.7. The Hall–Kier alpha value is 1.67. The molecule has 0 amide bonds. The highest BCUT2D eigenvalue weighted by atomic mass is 33.7. The molecular weight excluding hydrogens is 609 g/mol. The molecule has 0 heterocycles. The summed E-state index contributed by atoms with van der Waals surface area (Å²) in [6, 6.07) is 2.62. The molecule has 0 unspecified atom stereocenters. The highest BCUT2D eigenvalue weighted by Crippen LogP contribution is 2.44. The molecule has 0 N–H and O–H groups in total. The van der Waals surface area contributed by atoms with Gasteiger partial charge in [-0.25, -0.2) is 0 Å². The van der Waals surface area contributed by atoms with Gasteiger partial charge in [-0.05, 0) is 71.0 Å². The number of unbranched alkanes of at least 4 members (excludes halogenated alkanes) is 4. The number of ether oxygens (including phenoxy) is 4. The molecule has 0 atom stereocenters. The van der Waals surface area contributed by atoms with Crippen molar-refractivity contribution < 1.29 is 18.9 Å². The number of hydrogen-bond donors (Lipinski definition) is 0. The SMILES string of the molecule is CCCCOC(CCCSSSSCCCC(OCCCC)(OCCCC)[SiH2]CCC)(OCCCC)[SiH2]CCC. The van der Waals surface area contributed by atoms with Gasteiger partial charge in [0.2, 0.25) is 0 Å². The van der Waals surface area contributed by atoms with Gasteiger partial charge in [0.15, 0.2) is 0 Å². The average molecular weight is 675 g/mol. The predicted molar refractivity (Wildman–Crippen MR) is 195 cm³/mol. The van der Waals surface area contributed by atoms with Crippen LogP contribution in [-0.2, 0) is 18.9 Å². The van der Waals surface area contributed by atoms with Crippen molar-refractivity contribution in [1.29, 1.82) is 0 Å². The molecule has 10 heteroatoms. The summed E-state index contributed by atoms with van der Waals surface area (Å²) < 4.78 is 26.0. The fourth-order valence-electron chi connectivity index (χ4n) is 4.32. The Morgan fingerprint density at radius 1 is 0.450 bits per heavy atom. The van der Waals surface area contributed by atoms with E-state index in [0.717, 1.165) is 76.5 Å². The fourth-order valence-corrected chi connectivity index (χ4v) is 14.4. The van der Waals surface area contributed by atoms with Gasteiger partial charge in [0.1, 0.15) is 10.8 Å². The van der Waals surface area contributed by atoms with Crippen LogP contribution in [0.15, 0.2) is 0 Å². The minimum atomic E-state index is -0.410. The van der Waals surface area contributed by atoms with Gasteiger partial charge in [-0.15, -0.1) is 0 Å². The molecule has 0 radical (unpaired) electrons. The van der Waals surface area contributed by atoms with Crippen molar-refractivity contribution >= 4 is 60.3 Å². The van der Waals surface area contributed by atoms with Crippen LogP contribution in [0.3, 0.4) is 0 Å². The van der Waals surface area contributed by atoms with E-state index in [9.17, 15) is 0 Å². The minimum Gasteiger partial charge on any atom is -0.354 e. The van der Waals surface area contributed by atoms with Crippen molar-refractivity contribution in [3.63, 3.8) is 0 Å². The molecule has 0 aromatic carbocycles. The van der Waals surface area contributed by atoms with E-state index in [4.69, 9.17) is 18.9 Å². The third-order valence-corrected chi connectivity index (χ3v) is 18.8. The van der Waals surface area contributed by atoms with Crippen molar-refractivity contribution in [2.24, 2.45) is 0 Å². The van der Waals surface area contributed by atoms with E-state index < -0.39 is 19.0 Å². The molecule has 40 heavy (non-hydrogen) atoms.